The van der Waals surface area contributed by atoms with E-state index in [1.165, 1.54) is 33.2 Å². The first-order chi connectivity index (χ1) is 11.8. The molecule has 0 fully saturated rings. The predicted molar refractivity (Wildman–Crippen MR) is 117 cm³/mol. The molecule has 2 heteroatoms. The van der Waals surface area contributed by atoms with Gasteiger partial charge >= 0.3 is 0 Å². The highest BCUT2D eigenvalue weighted by atomic mass is 31.0. The third-order valence-electron chi connectivity index (χ3n) is 4.83. The minimum absolute atomic E-state index is 0.411. The van der Waals surface area contributed by atoms with Gasteiger partial charge in [-0.3, -0.25) is 0 Å². The summed E-state index contributed by atoms with van der Waals surface area (Å²) >= 11 is 0. The van der Waals surface area contributed by atoms with E-state index in [1.54, 1.807) is 0 Å². The summed E-state index contributed by atoms with van der Waals surface area (Å²) in [5, 5.41) is 4.28. The van der Waals surface area contributed by atoms with Crippen LogP contribution < -0.4 is 5.32 Å². The third kappa shape index (κ3) is 7.04. The molecule has 0 aliphatic carbocycles. The monoisotopic (exact) mass is 355 g/mol. The van der Waals surface area contributed by atoms with E-state index in [-0.39, 0.29) is 0 Å². The maximum Gasteiger partial charge on any atom is 0.00276 e. The van der Waals surface area contributed by atoms with Crippen LogP contribution in [0.15, 0.2) is 71.2 Å². The fourth-order valence-corrected chi connectivity index (χ4v) is 3.08. The molecule has 0 aliphatic heterocycles. The summed E-state index contributed by atoms with van der Waals surface area (Å²) < 4.78 is 0. The van der Waals surface area contributed by atoms with Crippen molar-refractivity contribution >= 4 is 9.24 Å². The Hall–Kier alpha value is -1.59. The highest BCUT2D eigenvalue weighted by Crippen LogP contribution is 2.28. The number of rotatable bonds is 8. The van der Waals surface area contributed by atoms with Gasteiger partial charge in [0.15, 0.2) is 0 Å². The summed E-state index contributed by atoms with van der Waals surface area (Å²) in [5.74, 6) is 0.836. The molecule has 3 unspecified atom stereocenters. The molecule has 1 N–H and O–H groups in total. The van der Waals surface area contributed by atoms with Gasteiger partial charge in [0.05, 0.1) is 0 Å². The summed E-state index contributed by atoms with van der Waals surface area (Å²) in [6, 6.07) is 8.81. The van der Waals surface area contributed by atoms with Crippen LogP contribution in [0.5, 0.6) is 0 Å². The van der Waals surface area contributed by atoms with E-state index < -0.39 is 0 Å². The number of aryl methyl sites for hydroxylation is 1. The van der Waals surface area contributed by atoms with Crippen LogP contribution in [-0.2, 0) is 6.42 Å². The lowest BCUT2D eigenvalue weighted by Gasteiger charge is -2.18. The second-order valence-electron chi connectivity index (χ2n) is 7.02. The number of benzene rings is 1. The van der Waals surface area contributed by atoms with Gasteiger partial charge in [0, 0.05) is 7.05 Å². The molecule has 0 radical (unpaired) electrons. The molecule has 1 aromatic carbocycles. The molecule has 1 aromatic rings. The molecule has 0 bridgehead atoms. The van der Waals surface area contributed by atoms with Crippen LogP contribution in [0.1, 0.15) is 38.8 Å². The van der Waals surface area contributed by atoms with Gasteiger partial charge in [0.1, 0.15) is 0 Å². The Labute approximate surface area is 157 Å². The minimum Gasteiger partial charge on any atom is -0.394 e. The zero-order valence-corrected chi connectivity index (χ0v) is 17.8. The number of hydrogen-bond acceptors (Lipinski definition) is 1. The molecular formula is C23H34NP. The van der Waals surface area contributed by atoms with Crippen LogP contribution in [-0.4, -0.2) is 7.05 Å². The van der Waals surface area contributed by atoms with E-state index in [0.29, 0.717) is 11.8 Å². The lowest BCUT2D eigenvalue weighted by molar-refractivity contribution is 0.686. The Morgan fingerprint density at radius 1 is 1.20 bits per heavy atom. The Morgan fingerprint density at radius 2 is 1.80 bits per heavy atom. The first kappa shape index (κ1) is 21.5. The number of hydrogen-bond donors (Lipinski definition) is 1. The largest absolute Gasteiger partial charge is 0.394 e. The third-order valence-corrected chi connectivity index (χ3v) is 5.42. The van der Waals surface area contributed by atoms with Crippen LogP contribution >= 0.6 is 9.24 Å². The Morgan fingerprint density at radius 3 is 2.36 bits per heavy atom. The molecule has 0 aromatic heterocycles. The van der Waals surface area contributed by atoms with Gasteiger partial charge in [0.25, 0.3) is 0 Å². The first-order valence-electron chi connectivity index (χ1n) is 8.99. The molecule has 0 saturated heterocycles. The van der Waals surface area contributed by atoms with Crippen molar-refractivity contribution in [2.45, 2.75) is 41.0 Å². The molecule has 3 atom stereocenters. The smallest absolute Gasteiger partial charge is 0.00276 e. The maximum absolute atomic E-state index is 4.37. The van der Waals surface area contributed by atoms with Crippen molar-refractivity contribution in [3.63, 3.8) is 0 Å². The normalized spacial score (nSPS) is 15.7. The lowest BCUT2D eigenvalue weighted by atomic mass is 9.89. The van der Waals surface area contributed by atoms with Crippen LogP contribution in [0.25, 0.3) is 0 Å². The van der Waals surface area contributed by atoms with E-state index in [4.69, 9.17) is 0 Å². The standard InChI is InChI=1S/C23H34NP/c1-16-8-10-22(11-9-16)14-19(4)20(5)21(6)23(25)15-18(3)17(2)12-13-24-7/h8-13,15,17,19,24H,5,14,25H2,1-4,6-7H3/b13-12+,18-15+,23-21-. The Bertz CT molecular complexity index is 662. The summed E-state index contributed by atoms with van der Waals surface area (Å²) in [6.07, 6.45) is 7.45. The molecule has 1 rings (SSSR count). The van der Waals surface area contributed by atoms with Gasteiger partial charge in [-0.15, -0.1) is 9.24 Å². The average molecular weight is 356 g/mol. The van der Waals surface area contributed by atoms with Gasteiger partial charge in [-0.25, -0.2) is 0 Å². The fourth-order valence-electron chi connectivity index (χ4n) is 2.63. The van der Waals surface area contributed by atoms with Crippen molar-refractivity contribution in [1.29, 1.82) is 0 Å². The molecule has 0 saturated carbocycles. The van der Waals surface area contributed by atoms with Gasteiger partial charge < -0.3 is 5.32 Å². The Kier molecular flexibility index (Phi) is 8.93. The van der Waals surface area contributed by atoms with E-state index in [1.807, 2.05) is 13.2 Å². The second-order valence-corrected chi connectivity index (χ2v) is 7.64. The van der Waals surface area contributed by atoms with Gasteiger partial charge in [-0.2, -0.15) is 0 Å². The number of nitrogens with one attached hydrogen (secondary N) is 1. The fraction of sp³-hybridized carbons (Fsp3) is 0.391. The van der Waals surface area contributed by atoms with Crippen molar-refractivity contribution in [2.24, 2.45) is 11.8 Å². The highest BCUT2D eigenvalue weighted by Gasteiger charge is 2.11. The molecule has 25 heavy (non-hydrogen) atoms. The van der Waals surface area contributed by atoms with Crippen LogP contribution in [0.3, 0.4) is 0 Å². The summed E-state index contributed by atoms with van der Waals surface area (Å²) in [6.45, 7) is 15.3. The van der Waals surface area contributed by atoms with Crippen molar-refractivity contribution in [1.82, 2.24) is 5.32 Å². The zero-order valence-electron chi connectivity index (χ0n) is 16.7. The van der Waals surface area contributed by atoms with Gasteiger partial charge in [-0.1, -0.05) is 68.0 Å². The van der Waals surface area contributed by atoms with Crippen molar-refractivity contribution in [3.05, 3.63) is 82.4 Å². The van der Waals surface area contributed by atoms with E-state index >= 15 is 0 Å². The average Bonchev–Trinajstić information content (AvgIpc) is 2.59. The van der Waals surface area contributed by atoms with Crippen molar-refractivity contribution in [2.75, 3.05) is 7.05 Å². The lowest BCUT2D eigenvalue weighted by Crippen LogP contribution is -2.05. The van der Waals surface area contributed by atoms with Crippen molar-refractivity contribution in [3.8, 4) is 0 Å². The topological polar surface area (TPSA) is 12.0 Å². The van der Waals surface area contributed by atoms with Crippen LogP contribution in [0.2, 0.25) is 0 Å². The molecular weight excluding hydrogens is 321 g/mol. The van der Waals surface area contributed by atoms with Crippen LogP contribution in [0.4, 0.5) is 0 Å². The quantitative estimate of drug-likeness (QED) is 0.433. The van der Waals surface area contributed by atoms with E-state index in [0.717, 1.165) is 6.42 Å². The van der Waals surface area contributed by atoms with Gasteiger partial charge in [-0.05, 0) is 67.3 Å². The second kappa shape index (κ2) is 10.4. The molecule has 1 nitrogen and oxygen atoms in total. The molecule has 0 spiro atoms. The SMILES string of the molecule is C=C(/C(C)=C(P)/C=C(\C)C(C)/C=C/NC)C(C)Cc1ccc(C)cc1. The zero-order chi connectivity index (χ0) is 19.0. The molecule has 136 valence electrons. The summed E-state index contributed by atoms with van der Waals surface area (Å²) in [7, 11) is 4.81. The summed E-state index contributed by atoms with van der Waals surface area (Å²) in [4.78, 5) is 0. The van der Waals surface area contributed by atoms with E-state index in [9.17, 15) is 0 Å². The van der Waals surface area contributed by atoms with E-state index in [2.05, 4.69) is 92.2 Å². The van der Waals surface area contributed by atoms with Crippen molar-refractivity contribution < 1.29 is 0 Å². The molecule has 0 heterocycles. The van der Waals surface area contributed by atoms with Crippen LogP contribution in [0, 0.1) is 18.8 Å². The van der Waals surface area contributed by atoms with Gasteiger partial charge in [0.2, 0.25) is 0 Å². The first-order valence-corrected chi connectivity index (χ1v) is 9.57. The number of allylic oxidation sites excluding steroid dienone is 6. The molecule has 0 amide bonds. The minimum atomic E-state index is 0.411. The highest BCUT2D eigenvalue weighted by molar-refractivity contribution is 7.23. The maximum atomic E-state index is 4.37. The summed E-state index contributed by atoms with van der Waals surface area (Å²) in [5.41, 5.74) is 6.51. The Balaban J connectivity index is 2.85. The predicted octanol–water partition coefficient (Wildman–Crippen LogP) is 6.19. The molecule has 0 aliphatic rings.